The highest BCUT2D eigenvalue weighted by molar-refractivity contribution is 8.01. The molecule has 2 aromatic heterocycles. The second kappa shape index (κ2) is 4.34. The van der Waals surface area contributed by atoms with Crippen LogP contribution in [0.5, 0.6) is 0 Å². The first-order valence-corrected chi connectivity index (χ1v) is 5.50. The molecule has 14 heavy (non-hydrogen) atoms. The Morgan fingerprint density at radius 1 is 1.36 bits per heavy atom. The number of hydrogen-bond donors (Lipinski definition) is 0. The molecule has 0 aromatic carbocycles. The molecule has 0 aliphatic carbocycles. The minimum Gasteiger partial charge on any atom is -0.297 e. The Morgan fingerprint density at radius 3 is 2.93 bits per heavy atom. The number of carbonyl (C=O) groups is 1. The first-order chi connectivity index (χ1) is 6.88. The lowest BCUT2D eigenvalue weighted by molar-refractivity contribution is 0.112. The minimum atomic E-state index is 0.738. The van der Waals surface area contributed by atoms with Gasteiger partial charge in [0, 0.05) is 6.20 Å². The highest BCUT2D eigenvalue weighted by Crippen LogP contribution is 2.31. The lowest BCUT2D eigenvalue weighted by atomic mass is 10.5. The molecule has 5 heteroatoms. The molecular formula is C9H6N2OS2. The van der Waals surface area contributed by atoms with Crippen molar-refractivity contribution in [1.82, 2.24) is 9.97 Å². The predicted molar refractivity (Wildman–Crippen MR) is 55.9 cm³/mol. The summed E-state index contributed by atoms with van der Waals surface area (Å²) < 4.78 is 1.06. The van der Waals surface area contributed by atoms with Crippen molar-refractivity contribution in [1.29, 1.82) is 0 Å². The van der Waals surface area contributed by atoms with E-state index in [1.807, 2.05) is 12.1 Å². The van der Waals surface area contributed by atoms with Crippen molar-refractivity contribution in [3.05, 3.63) is 35.6 Å². The third kappa shape index (κ3) is 2.18. The van der Waals surface area contributed by atoms with Crippen LogP contribution in [0.1, 0.15) is 9.67 Å². The first-order valence-electron chi connectivity index (χ1n) is 3.87. The summed E-state index contributed by atoms with van der Waals surface area (Å²) in [5.74, 6) is 0. The maximum absolute atomic E-state index is 10.4. The van der Waals surface area contributed by atoms with Gasteiger partial charge in [-0.05, 0) is 18.2 Å². The number of carbonyl (C=O) groups excluding carboxylic acids is 1. The van der Waals surface area contributed by atoms with Gasteiger partial charge in [0.1, 0.15) is 11.4 Å². The highest BCUT2D eigenvalue weighted by Gasteiger charge is 2.01. The van der Waals surface area contributed by atoms with E-state index in [1.54, 1.807) is 12.3 Å². The summed E-state index contributed by atoms with van der Waals surface area (Å²) in [6.07, 6.45) is 4.06. The molecule has 0 fully saturated rings. The van der Waals surface area contributed by atoms with Crippen LogP contribution in [-0.2, 0) is 0 Å². The van der Waals surface area contributed by atoms with Gasteiger partial charge < -0.3 is 0 Å². The highest BCUT2D eigenvalue weighted by atomic mass is 32.2. The zero-order valence-electron chi connectivity index (χ0n) is 7.08. The average molecular weight is 222 g/mol. The normalized spacial score (nSPS) is 10.0. The van der Waals surface area contributed by atoms with Gasteiger partial charge in [0.15, 0.2) is 6.29 Å². The summed E-state index contributed by atoms with van der Waals surface area (Å²) in [4.78, 5) is 19.1. The Bertz CT molecular complexity index is 427. The van der Waals surface area contributed by atoms with Crippen LogP contribution in [0.25, 0.3) is 0 Å². The molecule has 0 N–H and O–H groups in total. The Labute approximate surface area is 89.2 Å². The number of aromatic nitrogens is 2. The number of rotatable bonds is 3. The summed E-state index contributed by atoms with van der Waals surface area (Å²) in [7, 11) is 0. The quantitative estimate of drug-likeness (QED) is 0.591. The Balaban J connectivity index is 2.15. The molecule has 0 bridgehead atoms. The van der Waals surface area contributed by atoms with Gasteiger partial charge in [-0.3, -0.25) is 4.79 Å². The summed E-state index contributed by atoms with van der Waals surface area (Å²) in [5.41, 5.74) is 0. The second-order valence-electron chi connectivity index (χ2n) is 2.42. The average Bonchev–Trinajstić information content (AvgIpc) is 2.67. The second-order valence-corrected chi connectivity index (χ2v) is 4.86. The smallest absolute Gasteiger partial charge is 0.160 e. The van der Waals surface area contributed by atoms with Crippen LogP contribution in [0.2, 0.25) is 0 Å². The molecule has 0 radical (unpaired) electrons. The Kier molecular flexibility index (Phi) is 2.90. The molecule has 3 nitrogen and oxygen atoms in total. The van der Waals surface area contributed by atoms with Gasteiger partial charge in [-0.1, -0.05) is 11.8 Å². The Morgan fingerprint density at radius 2 is 2.29 bits per heavy atom. The Hall–Kier alpha value is -1.20. The molecule has 70 valence electrons. The van der Waals surface area contributed by atoms with E-state index in [0.29, 0.717) is 0 Å². The number of thiophene rings is 1. The molecule has 0 saturated carbocycles. The van der Waals surface area contributed by atoms with E-state index >= 15 is 0 Å². The van der Waals surface area contributed by atoms with Crippen molar-refractivity contribution in [2.45, 2.75) is 9.24 Å². The van der Waals surface area contributed by atoms with Crippen LogP contribution in [-0.4, -0.2) is 16.3 Å². The third-order valence-electron chi connectivity index (χ3n) is 1.48. The number of nitrogens with zero attached hydrogens (tertiary/aromatic N) is 2. The molecule has 0 aliphatic heterocycles. The molecule has 2 aromatic rings. The maximum atomic E-state index is 10.4. The fraction of sp³-hybridized carbons (Fsp3) is 0. The van der Waals surface area contributed by atoms with Gasteiger partial charge in [0.2, 0.25) is 0 Å². The topological polar surface area (TPSA) is 42.9 Å². The lowest BCUT2D eigenvalue weighted by Crippen LogP contribution is -1.77. The molecule has 2 heterocycles. The van der Waals surface area contributed by atoms with Crippen LogP contribution >= 0.6 is 23.1 Å². The zero-order chi connectivity index (χ0) is 9.80. The van der Waals surface area contributed by atoms with Crippen molar-refractivity contribution in [2.24, 2.45) is 0 Å². The van der Waals surface area contributed by atoms with Crippen LogP contribution in [0.3, 0.4) is 0 Å². The maximum Gasteiger partial charge on any atom is 0.160 e. The first kappa shape index (κ1) is 9.36. The summed E-state index contributed by atoms with van der Waals surface area (Å²) in [5, 5.41) is 0.888. The van der Waals surface area contributed by atoms with Gasteiger partial charge >= 0.3 is 0 Å². The van der Waals surface area contributed by atoms with Gasteiger partial charge in [0.05, 0.1) is 9.09 Å². The van der Waals surface area contributed by atoms with Crippen LogP contribution in [0, 0.1) is 0 Å². The van der Waals surface area contributed by atoms with Crippen molar-refractivity contribution in [2.75, 3.05) is 0 Å². The lowest BCUT2D eigenvalue weighted by Gasteiger charge is -1.94. The van der Waals surface area contributed by atoms with Crippen molar-refractivity contribution in [3.8, 4) is 0 Å². The van der Waals surface area contributed by atoms with Crippen LogP contribution < -0.4 is 0 Å². The molecule has 0 atom stereocenters. The van der Waals surface area contributed by atoms with Crippen LogP contribution in [0.15, 0.2) is 40.0 Å². The molecule has 0 amide bonds. The van der Waals surface area contributed by atoms with Gasteiger partial charge in [0.25, 0.3) is 0 Å². The molecule has 0 saturated heterocycles. The zero-order valence-corrected chi connectivity index (χ0v) is 8.72. The largest absolute Gasteiger partial charge is 0.297 e. The SMILES string of the molecule is O=Cc1ccc(Sc2ccncn2)s1. The number of hydrogen-bond acceptors (Lipinski definition) is 5. The van der Waals surface area contributed by atoms with Crippen molar-refractivity contribution < 1.29 is 4.79 Å². The van der Waals surface area contributed by atoms with Gasteiger partial charge in [-0.15, -0.1) is 11.3 Å². The fourth-order valence-electron chi connectivity index (χ4n) is 0.895. The minimum absolute atomic E-state index is 0.738. The van der Waals surface area contributed by atoms with E-state index in [2.05, 4.69) is 9.97 Å². The molecule has 0 unspecified atom stereocenters. The van der Waals surface area contributed by atoms with E-state index in [0.717, 1.165) is 20.4 Å². The number of aldehydes is 1. The standard InChI is InChI=1S/C9H6N2OS2/c12-5-7-1-2-9(13-7)14-8-3-4-10-6-11-8/h1-6H. The monoisotopic (exact) mass is 222 g/mol. The van der Waals surface area contributed by atoms with E-state index < -0.39 is 0 Å². The van der Waals surface area contributed by atoms with E-state index in [1.165, 1.54) is 29.4 Å². The summed E-state index contributed by atoms with van der Waals surface area (Å²) in [6, 6.07) is 5.56. The van der Waals surface area contributed by atoms with Crippen LogP contribution in [0.4, 0.5) is 0 Å². The predicted octanol–water partition coefficient (Wildman–Crippen LogP) is 2.50. The van der Waals surface area contributed by atoms with E-state index in [-0.39, 0.29) is 0 Å². The van der Waals surface area contributed by atoms with E-state index in [9.17, 15) is 4.79 Å². The molecular weight excluding hydrogens is 216 g/mol. The summed E-state index contributed by atoms with van der Waals surface area (Å²) >= 11 is 2.99. The molecule has 0 spiro atoms. The van der Waals surface area contributed by atoms with Gasteiger partial charge in [-0.25, -0.2) is 9.97 Å². The summed E-state index contributed by atoms with van der Waals surface area (Å²) in [6.45, 7) is 0. The van der Waals surface area contributed by atoms with Gasteiger partial charge in [-0.2, -0.15) is 0 Å². The third-order valence-corrected chi connectivity index (χ3v) is 3.57. The van der Waals surface area contributed by atoms with E-state index in [4.69, 9.17) is 0 Å². The van der Waals surface area contributed by atoms with Crippen molar-refractivity contribution in [3.63, 3.8) is 0 Å². The fourth-order valence-corrected chi connectivity index (χ4v) is 2.73. The molecule has 2 rings (SSSR count). The van der Waals surface area contributed by atoms with Crippen molar-refractivity contribution >= 4 is 29.4 Å². The molecule has 0 aliphatic rings.